The molecule has 2 fully saturated rings. The first-order chi connectivity index (χ1) is 18.6. The maximum atomic E-state index is 13.7. The number of oxazole rings is 1. The number of nitrogens with one attached hydrogen (secondary N) is 2. The summed E-state index contributed by atoms with van der Waals surface area (Å²) in [4.78, 5) is 32.0. The lowest BCUT2D eigenvalue weighted by Crippen LogP contribution is -2.43. The van der Waals surface area contributed by atoms with E-state index < -0.39 is 0 Å². The molecule has 0 aromatic carbocycles. The van der Waals surface area contributed by atoms with Gasteiger partial charge in [0.05, 0.1) is 23.6 Å². The normalized spacial score (nSPS) is 16.4. The molecule has 13 heteroatoms. The second kappa shape index (κ2) is 11.6. The second-order valence-corrected chi connectivity index (χ2v) is 9.60. The molecule has 2 aliphatic rings. The first-order valence-corrected chi connectivity index (χ1v) is 12.9. The number of anilines is 3. The van der Waals surface area contributed by atoms with Crippen LogP contribution in [0.1, 0.15) is 23.2 Å². The Morgan fingerprint density at radius 3 is 2.62 bits per heavy atom. The molecule has 1 amide bonds. The number of piperazine rings is 1. The summed E-state index contributed by atoms with van der Waals surface area (Å²) in [6, 6.07) is 7.79. The van der Waals surface area contributed by atoms with Gasteiger partial charge in [0.25, 0.3) is 11.9 Å². The van der Waals surface area contributed by atoms with Crippen molar-refractivity contribution in [3.05, 3.63) is 42.2 Å². The fraction of sp³-hybridized carbons (Fsp3) is 0.423. The van der Waals surface area contributed by atoms with Crippen LogP contribution in [0.2, 0.25) is 0 Å². The Bertz CT molecular complexity index is 1440. The van der Waals surface area contributed by atoms with Gasteiger partial charge < -0.3 is 29.6 Å². The molecule has 12 nitrogen and oxygen atoms in total. The van der Waals surface area contributed by atoms with Crippen molar-refractivity contribution in [3.8, 4) is 11.3 Å². The van der Waals surface area contributed by atoms with Crippen molar-refractivity contribution in [2.24, 2.45) is 7.05 Å². The van der Waals surface area contributed by atoms with E-state index in [-0.39, 0.29) is 24.4 Å². The maximum absolute atomic E-state index is 13.7. The summed E-state index contributed by atoms with van der Waals surface area (Å²) in [7, 11) is 3.59. The van der Waals surface area contributed by atoms with E-state index in [2.05, 4.69) is 35.5 Å². The van der Waals surface area contributed by atoms with Crippen molar-refractivity contribution >= 4 is 47.2 Å². The summed E-state index contributed by atoms with van der Waals surface area (Å²) in [5, 5.41) is 10.5. The van der Waals surface area contributed by atoms with Gasteiger partial charge in [-0.05, 0) is 25.0 Å². The van der Waals surface area contributed by atoms with Gasteiger partial charge in [0.15, 0.2) is 5.58 Å². The maximum Gasteiger partial charge on any atom is 0.300 e. The van der Waals surface area contributed by atoms with E-state index in [1.165, 1.54) is 0 Å². The highest BCUT2D eigenvalue weighted by Crippen LogP contribution is 2.30. The third-order valence-electron chi connectivity index (χ3n) is 7.05. The van der Waals surface area contributed by atoms with E-state index in [4.69, 9.17) is 14.1 Å². The van der Waals surface area contributed by atoms with Gasteiger partial charge in [-0.2, -0.15) is 10.1 Å². The van der Waals surface area contributed by atoms with E-state index in [9.17, 15) is 4.79 Å². The number of hydrogen-bond acceptors (Lipinski definition) is 10. The van der Waals surface area contributed by atoms with E-state index in [0.717, 1.165) is 63.4 Å². The van der Waals surface area contributed by atoms with Gasteiger partial charge in [-0.15, -0.1) is 12.4 Å². The minimum absolute atomic E-state index is 0. The van der Waals surface area contributed by atoms with Crippen LogP contribution in [-0.2, 0) is 11.8 Å². The molecule has 0 aliphatic carbocycles. The Morgan fingerprint density at radius 2 is 1.90 bits per heavy atom. The van der Waals surface area contributed by atoms with Gasteiger partial charge in [-0.3, -0.25) is 9.48 Å². The minimum Gasteiger partial charge on any atom is -0.422 e. The van der Waals surface area contributed by atoms with Crippen molar-refractivity contribution < 1.29 is 13.9 Å². The van der Waals surface area contributed by atoms with Crippen LogP contribution in [0.15, 0.2) is 41.1 Å². The largest absolute Gasteiger partial charge is 0.422 e. The van der Waals surface area contributed by atoms with Gasteiger partial charge in [0.1, 0.15) is 11.6 Å². The van der Waals surface area contributed by atoms with Gasteiger partial charge >= 0.3 is 0 Å². The Hall–Kier alpha value is -3.74. The monoisotopic (exact) mass is 553 g/mol. The van der Waals surface area contributed by atoms with Crippen molar-refractivity contribution in [1.82, 2.24) is 30.0 Å². The number of rotatable bonds is 6. The molecule has 206 valence electrons. The lowest BCUT2D eigenvalue weighted by Gasteiger charge is -2.32. The topological polar surface area (TPSA) is 126 Å². The molecule has 2 aliphatic heterocycles. The number of pyridine rings is 2. The van der Waals surface area contributed by atoms with Crippen LogP contribution in [0, 0.1) is 0 Å². The standard InChI is InChI=1S/C26H31N9O3.ClH/c1-33-16-17(15-28-33)20-4-3-5-22(29-20)30-25(36)19-14-21-23(32-26(38-21)35-12-8-27-9-13-35)31-24(19)34-10-6-18(37-2)7-11-34;/h3-5,14-16,18,27H,6-13H2,1-2H3,(H,29,30,36);1H. The van der Waals surface area contributed by atoms with Crippen LogP contribution >= 0.6 is 12.4 Å². The van der Waals surface area contributed by atoms with E-state index in [1.807, 2.05) is 25.4 Å². The van der Waals surface area contributed by atoms with E-state index in [1.54, 1.807) is 30.1 Å². The molecule has 4 aromatic heterocycles. The number of halogens is 1. The molecule has 2 saturated heterocycles. The molecule has 0 spiro atoms. The van der Waals surface area contributed by atoms with Crippen molar-refractivity contribution in [3.63, 3.8) is 0 Å². The fourth-order valence-electron chi connectivity index (χ4n) is 4.95. The summed E-state index contributed by atoms with van der Waals surface area (Å²) in [6.45, 7) is 4.80. The molecule has 2 N–H and O–H groups in total. The number of aryl methyl sites for hydroxylation is 1. The van der Waals surface area contributed by atoms with Gasteiger partial charge in [-0.25, -0.2) is 9.97 Å². The average Bonchev–Trinajstić information content (AvgIpc) is 3.59. The molecule has 0 unspecified atom stereocenters. The van der Waals surface area contributed by atoms with Crippen LogP contribution < -0.4 is 20.4 Å². The highest BCUT2D eigenvalue weighted by Gasteiger charge is 2.27. The summed E-state index contributed by atoms with van der Waals surface area (Å²) in [5.74, 6) is 0.729. The zero-order chi connectivity index (χ0) is 26.1. The van der Waals surface area contributed by atoms with Gasteiger partial charge in [0.2, 0.25) is 5.65 Å². The van der Waals surface area contributed by atoms with E-state index in [0.29, 0.717) is 34.4 Å². The molecule has 4 aromatic rings. The highest BCUT2D eigenvalue weighted by atomic mass is 35.5. The first kappa shape index (κ1) is 26.9. The Labute approximate surface area is 232 Å². The quantitative estimate of drug-likeness (QED) is 0.368. The smallest absolute Gasteiger partial charge is 0.300 e. The number of carbonyl (C=O) groups excluding carboxylic acids is 1. The number of nitrogens with zero attached hydrogens (tertiary/aromatic N) is 7. The number of amides is 1. The molecule has 39 heavy (non-hydrogen) atoms. The molecular weight excluding hydrogens is 522 g/mol. The molecule has 0 bridgehead atoms. The van der Waals surface area contributed by atoms with E-state index >= 15 is 0 Å². The van der Waals surface area contributed by atoms with Crippen LogP contribution in [0.3, 0.4) is 0 Å². The number of ether oxygens (including phenoxy) is 1. The number of piperidine rings is 1. The third kappa shape index (κ3) is 5.68. The van der Waals surface area contributed by atoms with Crippen LogP contribution in [0.25, 0.3) is 22.5 Å². The highest BCUT2D eigenvalue weighted by molar-refractivity contribution is 6.08. The zero-order valence-electron chi connectivity index (χ0n) is 22.0. The molecular formula is C26H32ClN9O3. The molecule has 6 rings (SSSR count). The summed E-state index contributed by atoms with van der Waals surface area (Å²) in [6.07, 6.45) is 5.55. The number of fused-ring (bicyclic) bond motifs is 1. The SMILES string of the molecule is COC1CCN(c2nc3nc(N4CCNCC4)oc3cc2C(=O)Nc2cccc(-c3cnn(C)c3)n2)CC1.Cl. The Morgan fingerprint density at radius 1 is 1.10 bits per heavy atom. The Kier molecular flexibility index (Phi) is 7.96. The van der Waals surface area contributed by atoms with Crippen molar-refractivity contribution in [1.29, 1.82) is 0 Å². The summed E-state index contributed by atoms with van der Waals surface area (Å²) in [5.41, 5.74) is 3.00. The summed E-state index contributed by atoms with van der Waals surface area (Å²) < 4.78 is 13.3. The second-order valence-electron chi connectivity index (χ2n) is 9.60. The van der Waals surface area contributed by atoms with Crippen molar-refractivity contribution in [2.45, 2.75) is 18.9 Å². The molecule has 0 radical (unpaired) electrons. The predicted octanol–water partition coefficient (Wildman–Crippen LogP) is 2.72. The summed E-state index contributed by atoms with van der Waals surface area (Å²) >= 11 is 0. The molecule has 0 atom stereocenters. The zero-order valence-corrected chi connectivity index (χ0v) is 22.8. The first-order valence-electron chi connectivity index (χ1n) is 12.9. The number of aromatic nitrogens is 5. The van der Waals surface area contributed by atoms with Gasteiger partial charge in [-0.1, -0.05) is 6.07 Å². The minimum atomic E-state index is -0.306. The number of methoxy groups -OCH3 is 1. The predicted molar refractivity (Wildman–Crippen MR) is 151 cm³/mol. The molecule has 6 heterocycles. The lowest BCUT2D eigenvalue weighted by molar-refractivity contribution is 0.0817. The van der Waals surface area contributed by atoms with Crippen LogP contribution in [-0.4, -0.2) is 83.1 Å². The lowest BCUT2D eigenvalue weighted by atomic mass is 10.1. The number of hydrogen-bond donors (Lipinski definition) is 2. The van der Waals surface area contributed by atoms with Crippen LogP contribution in [0.4, 0.5) is 17.7 Å². The third-order valence-corrected chi connectivity index (χ3v) is 7.05. The van der Waals surface area contributed by atoms with Gasteiger partial charge in [0, 0.05) is 71.3 Å². The van der Waals surface area contributed by atoms with Crippen molar-refractivity contribution in [2.75, 3.05) is 61.5 Å². The number of carbonyl (C=O) groups is 1. The molecule has 0 saturated carbocycles. The average molecular weight is 554 g/mol. The van der Waals surface area contributed by atoms with Crippen LogP contribution in [0.5, 0.6) is 0 Å². The fourth-order valence-corrected chi connectivity index (χ4v) is 4.95. The Balaban J connectivity index is 0.00000308.